The van der Waals surface area contributed by atoms with E-state index in [1.165, 1.54) is 0 Å². The molecule has 0 heterocycles. The van der Waals surface area contributed by atoms with Gasteiger partial charge in [0.05, 0.1) is 32.0 Å². The molecule has 1 fully saturated rings. The van der Waals surface area contributed by atoms with Crippen molar-refractivity contribution in [1.82, 2.24) is 10.6 Å². The fourth-order valence-corrected chi connectivity index (χ4v) is 1.79. The predicted octanol–water partition coefficient (Wildman–Crippen LogP) is 0.437. The highest BCUT2D eigenvalue weighted by molar-refractivity contribution is 5.76. The van der Waals surface area contributed by atoms with Crippen LogP contribution in [0.3, 0.4) is 0 Å². The van der Waals surface area contributed by atoms with Crippen LogP contribution in [-0.2, 0) is 14.3 Å². The maximum Gasteiger partial charge on any atom is 0.220 e. The van der Waals surface area contributed by atoms with E-state index < -0.39 is 6.10 Å². The average molecular weight is 302 g/mol. The molecule has 0 saturated heterocycles. The van der Waals surface area contributed by atoms with E-state index in [2.05, 4.69) is 10.6 Å². The number of hydrogen-bond donors (Lipinski definition) is 3. The SMILES string of the molecule is CC(C)OCCOCC(O)CNCCCC(=O)NC1CC1. The van der Waals surface area contributed by atoms with Gasteiger partial charge in [0.2, 0.25) is 5.91 Å². The first-order valence-corrected chi connectivity index (χ1v) is 7.95. The Bertz CT molecular complexity index is 283. The van der Waals surface area contributed by atoms with Crippen LogP contribution in [0.4, 0.5) is 0 Å². The quantitative estimate of drug-likeness (QED) is 0.430. The molecule has 6 nitrogen and oxygen atoms in total. The van der Waals surface area contributed by atoms with Crippen molar-refractivity contribution in [2.45, 2.75) is 57.8 Å². The van der Waals surface area contributed by atoms with E-state index in [0.29, 0.717) is 38.8 Å². The molecule has 1 saturated carbocycles. The summed E-state index contributed by atoms with van der Waals surface area (Å²) in [6.07, 6.45) is 3.26. The van der Waals surface area contributed by atoms with Gasteiger partial charge in [-0.2, -0.15) is 0 Å². The number of hydrogen-bond acceptors (Lipinski definition) is 5. The molecule has 3 N–H and O–H groups in total. The monoisotopic (exact) mass is 302 g/mol. The Morgan fingerprint density at radius 1 is 1.33 bits per heavy atom. The standard InChI is InChI=1S/C15H30N2O4/c1-12(2)21-9-8-20-11-14(18)10-16-7-3-4-15(19)17-13-5-6-13/h12-14,16,18H,3-11H2,1-2H3,(H,17,19). The van der Waals surface area contributed by atoms with Gasteiger partial charge in [-0.3, -0.25) is 4.79 Å². The highest BCUT2D eigenvalue weighted by Gasteiger charge is 2.22. The number of rotatable bonds is 13. The first-order valence-electron chi connectivity index (χ1n) is 7.95. The van der Waals surface area contributed by atoms with Crippen molar-refractivity contribution in [3.8, 4) is 0 Å². The molecule has 0 radical (unpaired) electrons. The molecular weight excluding hydrogens is 272 g/mol. The Hall–Kier alpha value is -0.690. The Kier molecular flexibility index (Phi) is 9.58. The summed E-state index contributed by atoms with van der Waals surface area (Å²) in [6.45, 7) is 6.51. The number of ether oxygens (including phenoxy) is 2. The maximum absolute atomic E-state index is 11.4. The van der Waals surface area contributed by atoms with Crippen LogP contribution in [0.1, 0.15) is 39.5 Å². The van der Waals surface area contributed by atoms with Crippen molar-refractivity contribution in [3.05, 3.63) is 0 Å². The minimum atomic E-state index is -0.524. The first-order chi connectivity index (χ1) is 10.1. The van der Waals surface area contributed by atoms with Crippen LogP contribution in [0.25, 0.3) is 0 Å². The van der Waals surface area contributed by atoms with E-state index in [0.717, 1.165) is 25.8 Å². The van der Waals surface area contributed by atoms with Crippen molar-refractivity contribution in [2.75, 3.05) is 32.9 Å². The van der Waals surface area contributed by atoms with E-state index in [9.17, 15) is 9.90 Å². The molecule has 0 spiro atoms. The van der Waals surface area contributed by atoms with Crippen LogP contribution < -0.4 is 10.6 Å². The second-order valence-corrected chi connectivity index (χ2v) is 5.80. The van der Waals surface area contributed by atoms with Crippen LogP contribution in [0.15, 0.2) is 0 Å². The average Bonchev–Trinajstić information content (AvgIpc) is 3.21. The highest BCUT2D eigenvalue weighted by atomic mass is 16.5. The molecule has 0 bridgehead atoms. The van der Waals surface area contributed by atoms with Gasteiger partial charge in [-0.05, 0) is 39.7 Å². The molecule has 124 valence electrons. The Morgan fingerprint density at radius 3 is 2.76 bits per heavy atom. The van der Waals surface area contributed by atoms with Gasteiger partial charge in [0, 0.05) is 19.0 Å². The summed E-state index contributed by atoms with van der Waals surface area (Å²) in [5.74, 6) is 0.133. The minimum Gasteiger partial charge on any atom is -0.389 e. The van der Waals surface area contributed by atoms with Crippen molar-refractivity contribution in [3.63, 3.8) is 0 Å². The van der Waals surface area contributed by atoms with Gasteiger partial charge >= 0.3 is 0 Å². The first kappa shape index (κ1) is 18.4. The Balaban J connectivity index is 1.81. The van der Waals surface area contributed by atoms with Crippen LogP contribution >= 0.6 is 0 Å². The summed E-state index contributed by atoms with van der Waals surface area (Å²) in [5, 5.41) is 15.8. The fraction of sp³-hybridized carbons (Fsp3) is 0.933. The van der Waals surface area contributed by atoms with Crippen LogP contribution in [0.2, 0.25) is 0 Å². The summed E-state index contributed by atoms with van der Waals surface area (Å²) < 4.78 is 10.6. The van der Waals surface area contributed by atoms with Gasteiger partial charge in [-0.25, -0.2) is 0 Å². The molecule has 1 atom stereocenters. The zero-order valence-electron chi connectivity index (χ0n) is 13.3. The number of carbonyl (C=O) groups is 1. The lowest BCUT2D eigenvalue weighted by molar-refractivity contribution is -0.121. The van der Waals surface area contributed by atoms with Crippen LogP contribution in [-0.4, -0.2) is 62.2 Å². The second-order valence-electron chi connectivity index (χ2n) is 5.80. The number of aliphatic hydroxyl groups is 1. The fourth-order valence-electron chi connectivity index (χ4n) is 1.79. The predicted molar refractivity (Wildman–Crippen MR) is 81.2 cm³/mol. The zero-order valence-corrected chi connectivity index (χ0v) is 13.3. The van der Waals surface area contributed by atoms with Gasteiger partial charge in [0.1, 0.15) is 0 Å². The summed E-state index contributed by atoms with van der Waals surface area (Å²) >= 11 is 0. The van der Waals surface area contributed by atoms with Crippen LogP contribution in [0.5, 0.6) is 0 Å². The van der Waals surface area contributed by atoms with Crippen molar-refractivity contribution >= 4 is 5.91 Å². The van der Waals surface area contributed by atoms with Gasteiger partial charge in [0.25, 0.3) is 0 Å². The molecule has 6 heteroatoms. The molecule has 0 aliphatic heterocycles. The summed E-state index contributed by atoms with van der Waals surface area (Å²) in [5.41, 5.74) is 0. The number of amides is 1. The van der Waals surface area contributed by atoms with Gasteiger partial charge < -0.3 is 25.2 Å². The number of nitrogens with one attached hydrogen (secondary N) is 2. The molecule has 21 heavy (non-hydrogen) atoms. The smallest absolute Gasteiger partial charge is 0.220 e. The molecule has 1 amide bonds. The van der Waals surface area contributed by atoms with Crippen molar-refractivity contribution in [2.24, 2.45) is 0 Å². The Labute approximate surface area is 127 Å². The lowest BCUT2D eigenvalue weighted by atomic mass is 10.3. The maximum atomic E-state index is 11.4. The lowest BCUT2D eigenvalue weighted by Crippen LogP contribution is -2.32. The van der Waals surface area contributed by atoms with E-state index >= 15 is 0 Å². The normalized spacial score (nSPS) is 16.2. The van der Waals surface area contributed by atoms with E-state index in [1.807, 2.05) is 13.8 Å². The Morgan fingerprint density at radius 2 is 2.10 bits per heavy atom. The third-order valence-corrected chi connectivity index (χ3v) is 3.07. The van der Waals surface area contributed by atoms with Gasteiger partial charge in [-0.15, -0.1) is 0 Å². The second kappa shape index (κ2) is 11.0. The van der Waals surface area contributed by atoms with E-state index in [-0.39, 0.29) is 12.0 Å². The summed E-state index contributed by atoms with van der Waals surface area (Å²) in [6, 6.07) is 0.434. The molecule has 1 aliphatic carbocycles. The van der Waals surface area contributed by atoms with Crippen LogP contribution in [0, 0.1) is 0 Å². The van der Waals surface area contributed by atoms with Crippen molar-refractivity contribution in [1.29, 1.82) is 0 Å². The topological polar surface area (TPSA) is 79.8 Å². The van der Waals surface area contributed by atoms with Crippen molar-refractivity contribution < 1.29 is 19.4 Å². The van der Waals surface area contributed by atoms with Gasteiger partial charge in [-0.1, -0.05) is 0 Å². The summed E-state index contributed by atoms with van der Waals surface area (Å²) in [4.78, 5) is 11.4. The molecule has 1 aliphatic rings. The summed E-state index contributed by atoms with van der Waals surface area (Å²) in [7, 11) is 0. The highest BCUT2D eigenvalue weighted by Crippen LogP contribution is 2.18. The molecule has 0 aromatic heterocycles. The number of carbonyl (C=O) groups excluding carboxylic acids is 1. The third kappa shape index (κ3) is 11.6. The molecular formula is C15H30N2O4. The third-order valence-electron chi connectivity index (χ3n) is 3.07. The number of aliphatic hydroxyl groups excluding tert-OH is 1. The van der Waals surface area contributed by atoms with E-state index in [1.54, 1.807) is 0 Å². The molecule has 1 rings (SSSR count). The minimum absolute atomic E-state index is 0.133. The molecule has 0 aromatic carbocycles. The molecule has 1 unspecified atom stereocenters. The van der Waals surface area contributed by atoms with Gasteiger partial charge in [0.15, 0.2) is 0 Å². The van der Waals surface area contributed by atoms with E-state index in [4.69, 9.17) is 9.47 Å². The molecule has 0 aromatic rings. The lowest BCUT2D eigenvalue weighted by Gasteiger charge is -2.13. The largest absolute Gasteiger partial charge is 0.389 e. The zero-order chi connectivity index (χ0) is 15.5.